The number of carbonyl (C=O) groups is 1. The maximum absolute atomic E-state index is 12.8. The molecule has 0 bridgehead atoms. The fourth-order valence-corrected chi connectivity index (χ4v) is 4.46. The molecular weight excluding hydrogens is 444 g/mol. The monoisotopic (exact) mass is 476 g/mol. The summed E-state index contributed by atoms with van der Waals surface area (Å²) in [5, 5.41) is 8.85. The van der Waals surface area contributed by atoms with Gasteiger partial charge in [-0.05, 0) is 62.2 Å². The minimum absolute atomic E-state index is 0.00410. The molecule has 0 N–H and O–H groups in total. The molecule has 1 amide bonds. The van der Waals surface area contributed by atoms with Gasteiger partial charge >= 0.3 is 0 Å². The van der Waals surface area contributed by atoms with Gasteiger partial charge in [0.15, 0.2) is 12.4 Å². The van der Waals surface area contributed by atoms with Crippen molar-refractivity contribution >= 4 is 11.7 Å². The standard InChI is InChI=1S/C27H32N4O4/c1-18-14-19(2)27(20(3)15-18)35-17-26(32)31-12-10-30(11-13-31)25-9-7-23(28-29-25)22-16-21(33-4)6-8-24(22)34-5/h6-9,14-16H,10-13,17H2,1-5H3. The molecule has 2 heterocycles. The number of nitrogens with zero attached hydrogens (tertiary/aromatic N) is 4. The number of amides is 1. The summed E-state index contributed by atoms with van der Waals surface area (Å²) < 4.78 is 16.7. The Kier molecular flexibility index (Phi) is 7.39. The summed E-state index contributed by atoms with van der Waals surface area (Å²) in [7, 11) is 3.25. The first-order valence-corrected chi connectivity index (χ1v) is 11.7. The summed E-state index contributed by atoms with van der Waals surface area (Å²) in [6, 6.07) is 13.6. The Morgan fingerprint density at radius 3 is 2.20 bits per heavy atom. The minimum atomic E-state index is -0.00410. The maximum atomic E-state index is 12.8. The number of hydrogen-bond acceptors (Lipinski definition) is 7. The summed E-state index contributed by atoms with van der Waals surface area (Å²) in [4.78, 5) is 16.7. The molecule has 0 saturated carbocycles. The van der Waals surface area contributed by atoms with E-state index in [2.05, 4.69) is 34.2 Å². The summed E-state index contributed by atoms with van der Waals surface area (Å²) in [6.07, 6.45) is 0. The topological polar surface area (TPSA) is 77.0 Å². The zero-order chi connectivity index (χ0) is 24.9. The van der Waals surface area contributed by atoms with E-state index in [0.29, 0.717) is 37.6 Å². The van der Waals surface area contributed by atoms with Crippen molar-refractivity contribution in [2.24, 2.45) is 0 Å². The number of methoxy groups -OCH3 is 2. The van der Waals surface area contributed by atoms with Gasteiger partial charge in [-0.3, -0.25) is 4.79 Å². The van der Waals surface area contributed by atoms with Gasteiger partial charge in [-0.15, -0.1) is 10.2 Å². The molecule has 184 valence electrons. The quantitative estimate of drug-likeness (QED) is 0.513. The van der Waals surface area contributed by atoms with E-state index >= 15 is 0 Å². The summed E-state index contributed by atoms with van der Waals surface area (Å²) >= 11 is 0. The van der Waals surface area contributed by atoms with E-state index in [-0.39, 0.29) is 12.5 Å². The first-order chi connectivity index (χ1) is 16.9. The Bertz CT molecular complexity index is 1170. The number of hydrogen-bond donors (Lipinski definition) is 0. The van der Waals surface area contributed by atoms with Crippen molar-refractivity contribution in [2.75, 3.05) is 51.9 Å². The second kappa shape index (κ2) is 10.6. The van der Waals surface area contributed by atoms with Gasteiger partial charge < -0.3 is 24.0 Å². The molecular formula is C27H32N4O4. The predicted octanol–water partition coefficient (Wildman–Crippen LogP) is 3.81. The lowest BCUT2D eigenvalue weighted by Gasteiger charge is -2.35. The molecule has 1 fully saturated rings. The minimum Gasteiger partial charge on any atom is -0.497 e. The van der Waals surface area contributed by atoms with Crippen LogP contribution in [-0.4, -0.2) is 68.0 Å². The molecule has 35 heavy (non-hydrogen) atoms. The number of rotatable bonds is 7. The first kappa shape index (κ1) is 24.3. The molecule has 4 rings (SSSR count). The highest BCUT2D eigenvalue weighted by atomic mass is 16.5. The van der Waals surface area contributed by atoms with Gasteiger partial charge in [0.2, 0.25) is 0 Å². The molecule has 0 aliphatic carbocycles. The SMILES string of the molecule is COc1ccc(OC)c(-c2ccc(N3CCN(C(=O)COc4c(C)cc(C)cc4C)CC3)nn2)c1. The number of benzene rings is 2. The second-order valence-corrected chi connectivity index (χ2v) is 8.73. The van der Waals surface area contributed by atoms with Gasteiger partial charge in [-0.2, -0.15) is 0 Å². The van der Waals surface area contributed by atoms with Gasteiger partial charge in [-0.25, -0.2) is 0 Å². The Morgan fingerprint density at radius 2 is 1.60 bits per heavy atom. The molecule has 2 aromatic carbocycles. The van der Waals surface area contributed by atoms with Crippen LogP contribution in [0.2, 0.25) is 0 Å². The van der Waals surface area contributed by atoms with Gasteiger partial charge in [0, 0.05) is 31.7 Å². The van der Waals surface area contributed by atoms with E-state index in [4.69, 9.17) is 14.2 Å². The average Bonchev–Trinajstić information content (AvgIpc) is 2.87. The van der Waals surface area contributed by atoms with Crippen LogP contribution < -0.4 is 19.1 Å². The maximum Gasteiger partial charge on any atom is 0.260 e. The number of piperazine rings is 1. The zero-order valence-corrected chi connectivity index (χ0v) is 21.0. The summed E-state index contributed by atoms with van der Waals surface area (Å²) in [5.41, 5.74) is 4.81. The van der Waals surface area contributed by atoms with Crippen LogP contribution in [0.4, 0.5) is 5.82 Å². The van der Waals surface area contributed by atoms with Crippen molar-refractivity contribution in [1.29, 1.82) is 0 Å². The molecule has 1 aliphatic heterocycles. The van der Waals surface area contributed by atoms with Crippen LogP contribution >= 0.6 is 0 Å². The summed E-state index contributed by atoms with van der Waals surface area (Å²) in [6.45, 7) is 8.71. The molecule has 0 unspecified atom stereocenters. The largest absolute Gasteiger partial charge is 0.497 e. The van der Waals surface area contributed by atoms with Crippen LogP contribution in [0.1, 0.15) is 16.7 Å². The first-order valence-electron chi connectivity index (χ1n) is 11.7. The lowest BCUT2D eigenvalue weighted by atomic mass is 10.1. The average molecular weight is 477 g/mol. The van der Waals surface area contributed by atoms with Crippen LogP contribution in [0.15, 0.2) is 42.5 Å². The number of aryl methyl sites for hydroxylation is 3. The van der Waals surface area contributed by atoms with E-state index in [9.17, 15) is 4.79 Å². The highest BCUT2D eigenvalue weighted by Gasteiger charge is 2.23. The van der Waals surface area contributed by atoms with E-state index in [1.165, 1.54) is 5.56 Å². The Hall–Kier alpha value is -3.81. The Morgan fingerprint density at radius 1 is 0.886 bits per heavy atom. The molecule has 8 nitrogen and oxygen atoms in total. The van der Waals surface area contributed by atoms with Gasteiger partial charge in [0.1, 0.15) is 17.2 Å². The lowest BCUT2D eigenvalue weighted by molar-refractivity contribution is -0.133. The van der Waals surface area contributed by atoms with Gasteiger partial charge in [0.05, 0.1) is 19.9 Å². The summed E-state index contributed by atoms with van der Waals surface area (Å²) in [5.74, 6) is 3.01. The lowest BCUT2D eigenvalue weighted by Crippen LogP contribution is -2.50. The van der Waals surface area contributed by atoms with Crippen LogP contribution in [0.5, 0.6) is 17.2 Å². The predicted molar refractivity (Wildman–Crippen MR) is 136 cm³/mol. The highest BCUT2D eigenvalue weighted by Crippen LogP contribution is 2.32. The smallest absolute Gasteiger partial charge is 0.260 e. The fraction of sp³-hybridized carbons (Fsp3) is 0.370. The molecule has 1 aliphatic rings. The van der Waals surface area contributed by atoms with Gasteiger partial charge in [0.25, 0.3) is 5.91 Å². The number of anilines is 1. The molecule has 8 heteroatoms. The zero-order valence-electron chi connectivity index (χ0n) is 21.0. The molecule has 0 spiro atoms. The molecule has 1 aromatic heterocycles. The third-order valence-electron chi connectivity index (χ3n) is 6.23. The van der Waals surface area contributed by atoms with Crippen LogP contribution in [0.25, 0.3) is 11.3 Å². The molecule has 0 radical (unpaired) electrons. The van der Waals surface area contributed by atoms with E-state index < -0.39 is 0 Å². The molecule has 3 aromatic rings. The normalized spacial score (nSPS) is 13.5. The van der Waals surface area contributed by atoms with E-state index in [1.54, 1.807) is 14.2 Å². The van der Waals surface area contributed by atoms with Crippen molar-refractivity contribution in [3.63, 3.8) is 0 Å². The molecule has 0 atom stereocenters. The fourth-order valence-electron chi connectivity index (χ4n) is 4.46. The van der Waals surface area contributed by atoms with Crippen LogP contribution in [-0.2, 0) is 4.79 Å². The van der Waals surface area contributed by atoms with Crippen LogP contribution in [0.3, 0.4) is 0 Å². The number of ether oxygens (including phenoxy) is 3. The second-order valence-electron chi connectivity index (χ2n) is 8.73. The van der Waals surface area contributed by atoms with Crippen molar-refractivity contribution < 1.29 is 19.0 Å². The third kappa shape index (κ3) is 5.48. The van der Waals surface area contributed by atoms with Crippen molar-refractivity contribution in [2.45, 2.75) is 20.8 Å². The van der Waals surface area contributed by atoms with E-state index in [1.807, 2.05) is 49.1 Å². The van der Waals surface area contributed by atoms with E-state index in [0.717, 1.165) is 34.0 Å². The number of carbonyl (C=O) groups excluding carboxylic acids is 1. The van der Waals surface area contributed by atoms with Gasteiger partial charge in [-0.1, -0.05) is 17.7 Å². The Labute approximate surface area is 206 Å². The highest BCUT2D eigenvalue weighted by molar-refractivity contribution is 5.78. The number of aromatic nitrogens is 2. The van der Waals surface area contributed by atoms with Crippen molar-refractivity contribution in [3.05, 3.63) is 59.2 Å². The Balaban J connectivity index is 1.35. The third-order valence-corrected chi connectivity index (χ3v) is 6.23. The molecule has 1 saturated heterocycles. The van der Waals surface area contributed by atoms with Crippen molar-refractivity contribution in [1.82, 2.24) is 15.1 Å². The van der Waals surface area contributed by atoms with Crippen molar-refractivity contribution in [3.8, 4) is 28.5 Å². The van der Waals surface area contributed by atoms with Crippen LogP contribution in [0, 0.1) is 20.8 Å².